The highest BCUT2D eigenvalue weighted by Crippen LogP contribution is 2.20. The average molecular weight is 426 g/mol. The molecule has 0 radical (unpaired) electrons. The maximum atomic E-state index is 12.2. The summed E-state index contributed by atoms with van der Waals surface area (Å²) in [5.74, 6) is 1.08. The Morgan fingerprint density at radius 3 is 2.43 bits per heavy atom. The van der Waals surface area contributed by atoms with Gasteiger partial charge in [-0.3, -0.25) is 14.5 Å². The Morgan fingerprint density at radius 2 is 1.77 bits per heavy atom. The van der Waals surface area contributed by atoms with Crippen LogP contribution >= 0.6 is 11.8 Å². The fourth-order valence-corrected chi connectivity index (χ4v) is 4.42. The molecule has 6 heteroatoms. The van der Waals surface area contributed by atoms with Crippen LogP contribution < -0.4 is 10.6 Å². The summed E-state index contributed by atoms with van der Waals surface area (Å²) in [7, 11) is 0. The molecule has 30 heavy (non-hydrogen) atoms. The number of amides is 2. The zero-order valence-electron chi connectivity index (χ0n) is 17.8. The van der Waals surface area contributed by atoms with Crippen molar-refractivity contribution in [2.24, 2.45) is 5.92 Å². The van der Waals surface area contributed by atoms with Gasteiger partial charge in [-0.25, -0.2) is 0 Å². The van der Waals surface area contributed by atoms with Crippen LogP contribution in [0, 0.1) is 5.92 Å². The molecule has 0 aliphatic carbocycles. The van der Waals surface area contributed by atoms with Crippen LogP contribution in [0.1, 0.15) is 37.8 Å². The monoisotopic (exact) mass is 425 g/mol. The molecule has 0 spiro atoms. The highest BCUT2D eigenvalue weighted by Gasteiger charge is 2.16. The van der Waals surface area contributed by atoms with E-state index in [4.69, 9.17) is 0 Å². The highest BCUT2D eigenvalue weighted by atomic mass is 32.2. The zero-order chi connectivity index (χ0) is 21.3. The van der Waals surface area contributed by atoms with E-state index in [1.807, 2.05) is 24.3 Å². The average Bonchev–Trinajstić information content (AvgIpc) is 2.72. The molecular weight excluding hydrogens is 394 g/mol. The third-order valence-corrected chi connectivity index (χ3v) is 6.22. The molecule has 0 bridgehead atoms. The molecule has 160 valence electrons. The molecule has 1 atom stereocenters. The number of nitrogens with zero attached hydrogens (tertiary/aromatic N) is 1. The molecule has 1 aliphatic heterocycles. The van der Waals surface area contributed by atoms with Crippen molar-refractivity contribution in [2.75, 3.05) is 24.2 Å². The normalized spacial score (nSPS) is 16.8. The fourth-order valence-electron chi connectivity index (χ4n) is 3.69. The van der Waals surface area contributed by atoms with Crippen LogP contribution in [0.3, 0.4) is 0 Å². The molecule has 1 aliphatic rings. The van der Waals surface area contributed by atoms with Crippen molar-refractivity contribution < 1.29 is 9.59 Å². The predicted octanol–water partition coefficient (Wildman–Crippen LogP) is 4.29. The Hall–Kier alpha value is -2.31. The first-order valence-electron chi connectivity index (χ1n) is 10.6. The summed E-state index contributed by atoms with van der Waals surface area (Å²) >= 11 is 1.48. The van der Waals surface area contributed by atoms with Gasteiger partial charge in [-0.05, 0) is 60.7 Å². The summed E-state index contributed by atoms with van der Waals surface area (Å²) < 4.78 is 0. The van der Waals surface area contributed by atoms with E-state index in [0.717, 1.165) is 28.6 Å². The number of carbonyl (C=O) groups is 2. The second kappa shape index (κ2) is 11.2. The summed E-state index contributed by atoms with van der Waals surface area (Å²) in [6.07, 6.45) is 2.64. The topological polar surface area (TPSA) is 61.4 Å². The van der Waals surface area contributed by atoms with Gasteiger partial charge in [-0.15, -0.1) is 11.8 Å². The second-order valence-electron chi connectivity index (χ2n) is 8.07. The summed E-state index contributed by atoms with van der Waals surface area (Å²) in [5.41, 5.74) is 3.20. The molecule has 3 rings (SSSR count). The van der Waals surface area contributed by atoms with Crippen LogP contribution in [-0.2, 0) is 22.7 Å². The minimum Gasteiger partial charge on any atom is -0.351 e. The Balaban J connectivity index is 1.38. The van der Waals surface area contributed by atoms with Crippen LogP contribution in [0.4, 0.5) is 5.69 Å². The molecule has 1 fully saturated rings. The first kappa shape index (κ1) is 22.4. The Bertz CT molecular complexity index is 837. The maximum Gasteiger partial charge on any atom is 0.230 e. The number of carbonyl (C=O) groups excluding carboxylic acids is 2. The van der Waals surface area contributed by atoms with E-state index in [2.05, 4.69) is 46.7 Å². The highest BCUT2D eigenvalue weighted by molar-refractivity contribution is 8.00. The van der Waals surface area contributed by atoms with Crippen molar-refractivity contribution in [1.82, 2.24) is 10.2 Å². The van der Waals surface area contributed by atoms with Crippen LogP contribution in [0.25, 0.3) is 0 Å². The van der Waals surface area contributed by atoms with Gasteiger partial charge in [0, 0.05) is 37.1 Å². The molecule has 0 saturated carbocycles. The van der Waals surface area contributed by atoms with Crippen molar-refractivity contribution in [3.8, 4) is 0 Å². The standard InChI is InChI=1S/C24H31N3O2S/c1-18-4-3-13-27(15-18)16-21-7-5-20(6-8-21)14-25-24(29)17-30-23-11-9-22(10-12-23)26-19(2)28/h5-12,18H,3-4,13-17H2,1-2H3,(H,25,29)(H,26,28). The first-order valence-corrected chi connectivity index (χ1v) is 11.5. The van der Waals surface area contributed by atoms with Gasteiger partial charge in [0.15, 0.2) is 0 Å². The zero-order valence-corrected chi connectivity index (χ0v) is 18.6. The van der Waals surface area contributed by atoms with E-state index >= 15 is 0 Å². The molecule has 2 N–H and O–H groups in total. The van der Waals surface area contributed by atoms with Crippen molar-refractivity contribution in [3.05, 3.63) is 59.7 Å². The third kappa shape index (κ3) is 7.50. The van der Waals surface area contributed by atoms with E-state index in [-0.39, 0.29) is 11.8 Å². The molecule has 1 unspecified atom stereocenters. The van der Waals surface area contributed by atoms with E-state index in [9.17, 15) is 9.59 Å². The summed E-state index contributed by atoms with van der Waals surface area (Å²) in [4.78, 5) is 26.7. The Labute approximate surface area is 183 Å². The molecular formula is C24H31N3O2S. The minimum absolute atomic E-state index is 0.0114. The van der Waals surface area contributed by atoms with E-state index in [1.54, 1.807) is 0 Å². The number of piperidine rings is 1. The third-order valence-electron chi connectivity index (χ3n) is 5.20. The number of hydrogen-bond acceptors (Lipinski definition) is 4. The smallest absolute Gasteiger partial charge is 0.230 e. The molecule has 2 aromatic rings. The number of anilines is 1. The number of benzene rings is 2. The lowest BCUT2D eigenvalue weighted by molar-refractivity contribution is -0.118. The van der Waals surface area contributed by atoms with Gasteiger partial charge < -0.3 is 10.6 Å². The quantitative estimate of drug-likeness (QED) is 0.620. The number of hydrogen-bond donors (Lipinski definition) is 2. The van der Waals surface area contributed by atoms with Crippen molar-refractivity contribution in [2.45, 2.75) is 44.7 Å². The summed E-state index contributed by atoms with van der Waals surface area (Å²) in [5, 5.41) is 5.72. The number of likely N-dealkylation sites (tertiary alicyclic amines) is 1. The minimum atomic E-state index is -0.0936. The molecule has 1 heterocycles. The SMILES string of the molecule is CC(=O)Nc1ccc(SCC(=O)NCc2ccc(CN3CCCC(C)C3)cc2)cc1. The predicted molar refractivity (Wildman–Crippen MR) is 123 cm³/mol. The second-order valence-corrected chi connectivity index (χ2v) is 9.12. The van der Waals surface area contributed by atoms with E-state index in [0.29, 0.717) is 12.3 Å². The van der Waals surface area contributed by atoms with Crippen molar-refractivity contribution in [1.29, 1.82) is 0 Å². The lowest BCUT2D eigenvalue weighted by Crippen LogP contribution is -2.33. The molecule has 2 aromatic carbocycles. The van der Waals surface area contributed by atoms with Gasteiger partial charge >= 0.3 is 0 Å². The number of rotatable bonds is 8. The maximum absolute atomic E-state index is 12.2. The first-order chi connectivity index (χ1) is 14.5. The molecule has 0 aromatic heterocycles. The van der Waals surface area contributed by atoms with Gasteiger partial charge in [0.1, 0.15) is 0 Å². The van der Waals surface area contributed by atoms with Crippen molar-refractivity contribution >= 4 is 29.3 Å². The number of thioether (sulfide) groups is 1. The Morgan fingerprint density at radius 1 is 1.07 bits per heavy atom. The van der Waals surface area contributed by atoms with Crippen molar-refractivity contribution in [3.63, 3.8) is 0 Å². The van der Waals surface area contributed by atoms with Gasteiger partial charge in [0.25, 0.3) is 0 Å². The lowest BCUT2D eigenvalue weighted by Gasteiger charge is -2.30. The van der Waals surface area contributed by atoms with Gasteiger partial charge in [-0.1, -0.05) is 31.2 Å². The molecule has 5 nitrogen and oxygen atoms in total. The lowest BCUT2D eigenvalue weighted by atomic mass is 9.99. The fraction of sp³-hybridized carbons (Fsp3) is 0.417. The van der Waals surface area contributed by atoms with Gasteiger partial charge in [0.05, 0.1) is 5.75 Å². The number of nitrogens with one attached hydrogen (secondary N) is 2. The van der Waals surface area contributed by atoms with Crippen LogP contribution in [0.5, 0.6) is 0 Å². The van der Waals surface area contributed by atoms with Crippen LogP contribution in [0.2, 0.25) is 0 Å². The van der Waals surface area contributed by atoms with Crippen LogP contribution in [0.15, 0.2) is 53.4 Å². The molecule has 1 saturated heterocycles. The van der Waals surface area contributed by atoms with E-state index in [1.165, 1.54) is 50.2 Å². The van der Waals surface area contributed by atoms with Gasteiger partial charge in [-0.2, -0.15) is 0 Å². The van der Waals surface area contributed by atoms with Gasteiger partial charge in [0.2, 0.25) is 11.8 Å². The molecule has 2 amide bonds. The van der Waals surface area contributed by atoms with E-state index < -0.39 is 0 Å². The summed E-state index contributed by atoms with van der Waals surface area (Å²) in [6.45, 7) is 7.74. The summed E-state index contributed by atoms with van der Waals surface area (Å²) in [6, 6.07) is 16.1. The Kier molecular flexibility index (Phi) is 8.34. The van der Waals surface area contributed by atoms with Crippen LogP contribution in [-0.4, -0.2) is 35.6 Å². The largest absolute Gasteiger partial charge is 0.351 e.